The van der Waals surface area contributed by atoms with Crippen molar-refractivity contribution in [3.63, 3.8) is 0 Å². The van der Waals surface area contributed by atoms with Gasteiger partial charge in [-0.05, 0) is 25.5 Å². The highest BCUT2D eigenvalue weighted by atomic mass is 19.1. The van der Waals surface area contributed by atoms with E-state index < -0.39 is 11.6 Å². The lowest BCUT2D eigenvalue weighted by atomic mass is 10.2. The molecule has 0 aliphatic heterocycles. The van der Waals surface area contributed by atoms with Crippen LogP contribution in [0.15, 0.2) is 30.3 Å². The number of nitrogens with one attached hydrogen (secondary N) is 1. The topological polar surface area (TPSA) is 34.1 Å². The van der Waals surface area contributed by atoms with E-state index in [2.05, 4.69) is 17.2 Å². The molecule has 0 aliphatic carbocycles. The standard InChI is InChI=1S/C16H18F2N2O/c1-3-6-19-10-12-4-5-16(20-11(12)2)21-15-8-13(17)7-14(18)9-15/h4-5,7-9,19H,3,6,10H2,1-2H3. The first kappa shape index (κ1) is 15.4. The summed E-state index contributed by atoms with van der Waals surface area (Å²) in [6, 6.07) is 6.64. The molecule has 0 bridgehead atoms. The summed E-state index contributed by atoms with van der Waals surface area (Å²) < 4.78 is 31.6. The number of benzene rings is 1. The Labute approximate surface area is 123 Å². The molecule has 0 amide bonds. The SMILES string of the molecule is CCCNCc1ccc(Oc2cc(F)cc(F)c2)nc1C. The molecule has 0 radical (unpaired) electrons. The third-order valence-electron chi connectivity index (χ3n) is 2.97. The molecule has 1 aromatic carbocycles. The van der Waals surface area contributed by atoms with Gasteiger partial charge >= 0.3 is 0 Å². The van der Waals surface area contributed by atoms with Gasteiger partial charge in [-0.25, -0.2) is 13.8 Å². The Balaban J connectivity index is 2.09. The summed E-state index contributed by atoms with van der Waals surface area (Å²) in [4.78, 5) is 4.30. The van der Waals surface area contributed by atoms with Gasteiger partial charge < -0.3 is 10.1 Å². The average Bonchev–Trinajstić information content (AvgIpc) is 2.40. The van der Waals surface area contributed by atoms with Crippen molar-refractivity contribution in [2.75, 3.05) is 6.54 Å². The van der Waals surface area contributed by atoms with Gasteiger partial charge in [-0.2, -0.15) is 0 Å². The molecule has 0 saturated heterocycles. The summed E-state index contributed by atoms with van der Waals surface area (Å²) in [5.41, 5.74) is 1.90. The minimum atomic E-state index is -0.679. The highest BCUT2D eigenvalue weighted by Crippen LogP contribution is 2.22. The largest absolute Gasteiger partial charge is 0.439 e. The maximum atomic E-state index is 13.1. The van der Waals surface area contributed by atoms with Gasteiger partial charge in [-0.3, -0.25) is 0 Å². The van der Waals surface area contributed by atoms with Gasteiger partial charge in [-0.15, -0.1) is 0 Å². The summed E-state index contributed by atoms with van der Waals surface area (Å²) in [6.07, 6.45) is 1.07. The lowest BCUT2D eigenvalue weighted by Crippen LogP contribution is -2.15. The Kier molecular flexibility index (Phi) is 5.22. The van der Waals surface area contributed by atoms with Crippen molar-refractivity contribution in [3.05, 3.63) is 53.2 Å². The van der Waals surface area contributed by atoms with Crippen LogP contribution in [0.5, 0.6) is 11.6 Å². The van der Waals surface area contributed by atoms with Crippen LogP contribution in [0.3, 0.4) is 0 Å². The third-order valence-corrected chi connectivity index (χ3v) is 2.97. The zero-order valence-electron chi connectivity index (χ0n) is 12.1. The molecule has 0 saturated carbocycles. The molecule has 112 valence electrons. The molecular weight excluding hydrogens is 274 g/mol. The Hall–Kier alpha value is -2.01. The smallest absolute Gasteiger partial charge is 0.219 e. The van der Waals surface area contributed by atoms with Gasteiger partial charge in [0.05, 0.1) is 0 Å². The molecule has 1 aromatic heterocycles. The second-order valence-corrected chi connectivity index (χ2v) is 4.78. The van der Waals surface area contributed by atoms with Crippen molar-refractivity contribution in [2.24, 2.45) is 0 Å². The van der Waals surface area contributed by atoms with Crippen LogP contribution >= 0.6 is 0 Å². The maximum Gasteiger partial charge on any atom is 0.219 e. The van der Waals surface area contributed by atoms with Gasteiger partial charge in [0.2, 0.25) is 5.88 Å². The highest BCUT2D eigenvalue weighted by Gasteiger charge is 2.06. The molecule has 21 heavy (non-hydrogen) atoms. The fraction of sp³-hybridized carbons (Fsp3) is 0.312. The van der Waals surface area contributed by atoms with E-state index in [0.29, 0.717) is 5.88 Å². The summed E-state index contributed by atoms with van der Waals surface area (Å²) in [5, 5.41) is 3.30. The minimum Gasteiger partial charge on any atom is -0.439 e. The van der Waals surface area contributed by atoms with E-state index in [1.165, 1.54) is 0 Å². The zero-order valence-corrected chi connectivity index (χ0v) is 12.1. The summed E-state index contributed by atoms with van der Waals surface area (Å²) in [7, 11) is 0. The summed E-state index contributed by atoms with van der Waals surface area (Å²) >= 11 is 0. The number of hydrogen-bond donors (Lipinski definition) is 1. The minimum absolute atomic E-state index is 0.0938. The van der Waals surface area contributed by atoms with E-state index in [1.54, 1.807) is 6.07 Å². The van der Waals surface area contributed by atoms with Gasteiger partial charge in [0.15, 0.2) is 0 Å². The summed E-state index contributed by atoms with van der Waals surface area (Å²) in [6.45, 7) is 5.66. The quantitative estimate of drug-likeness (QED) is 0.818. The Bertz CT molecular complexity index is 597. The van der Waals surface area contributed by atoms with Gasteiger partial charge in [0.1, 0.15) is 17.4 Å². The van der Waals surface area contributed by atoms with Crippen LogP contribution in [0.2, 0.25) is 0 Å². The van der Waals surface area contributed by atoms with Crippen molar-refractivity contribution in [1.82, 2.24) is 10.3 Å². The number of rotatable bonds is 6. The molecule has 0 fully saturated rings. The molecule has 1 N–H and O–H groups in total. The van der Waals surface area contributed by atoms with E-state index >= 15 is 0 Å². The normalized spacial score (nSPS) is 10.7. The van der Waals surface area contributed by atoms with Crippen molar-refractivity contribution < 1.29 is 13.5 Å². The number of nitrogens with zero attached hydrogens (tertiary/aromatic N) is 1. The molecule has 1 heterocycles. The average molecular weight is 292 g/mol. The van der Waals surface area contributed by atoms with Crippen molar-refractivity contribution in [2.45, 2.75) is 26.8 Å². The Morgan fingerprint density at radius 2 is 1.86 bits per heavy atom. The molecule has 2 aromatic rings. The van der Waals surface area contributed by atoms with Crippen LogP contribution < -0.4 is 10.1 Å². The van der Waals surface area contributed by atoms with E-state index in [1.807, 2.05) is 13.0 Å². The number of halogens is 2. The first-order valence-electron chi connectivity index (χ1n) is 6.89. The molecule has 0 aliphatic rings. The van der Waals surface area contributed by atoms with Crippen LogP contribution in [0.4, 0.5) is 8.78 Å². The van der Waals surface area contributed by atoms with Crippen LogP contribution in [-0.2, 0) is 6.54 Å². The second kappa shape index (κ2) is 7.13. The second-order valence-electron chi connectivity index (χ2n) is 4.78. The van der Waals surface area contributed by atoms with Crippen LogP contribution in [0.1, 0.15) is 24.6 Å². The number of hydrogen-bond acceptors (Lipinski definition) is 3. The van der Waals surface area contributed by atoms with E-state index in [4.69, 9.17) is 4.74 Å². The van der Waals surface area contributed by atoms with E-state index in [9.17, 15) is 8.78 Å². The van der Waals surface area contributed by atoms with Crippen LogP contribution in [0.25, 0.3) is 0 Å². The number of aromatic nitrogens is 1. The summed E-state index contributed by atoms with van der Waals surface area (Å²) in [5.74, 6) is -0.947. The van der Waals surface area contributed by atoms with Gasteiger partial charge in [0.25, 0.3) is 0 Å². The van der Waals surface area contributed by atoms with E-state index in [0.717, 1.165) is 49.0 Å². The third kappa shape index (κ3) is 4.49. The lowest BCUT2D eigenvalue weighted by molar-refractivity contribution is 0.449. The van der Waals surface area contributed by atoms with Crippen molar-refractivity contribution in [3.8, 4) is 11.6 Å². The fourth-order valence-electron chi connectivity index (χ4n) is 1.92. The molecule has 0 spiro atoms. The van der Waals surface area contributed by atoms with Crippen LogP contribution in [-0.4, -0.2) is 11.5 Å². The fourth-order valence-corrected chi connectivity index (χ4v) is 1.92. The predicted molar refractivity (Wildman–Crippen MR) is 77.4 cm³/mol. The molecule has 0 unspecified atom stereocenters. The van der Waals surface area contributed by atoms with Crippen molar-refractivity contribution >= 4 is 0 Å². The number of ether oxygens (including phenoxy) is 1. The van der Waals surface area contributed by atoms with E-state index in [-0.39, 0.29) is 5.75 Å². The zero-order chi connectivity index (χ0) is 15.2. The highest BCUT2D eigenvalue weighted by molar-refractivity contribution is 5.31. The first-order chi connectivity index (χ1) is 10.1. The first-order valence-corrected chi connectivity index (χ1v) is 6.89. The predicted octanol–water partition coefficient (Wildman–Crippen LogP) is 3.96. The number of pyridine rings is 1. The molecule has 0 atom stereocenters. The molecule has 3 nitrogen and oxygen atoms in total. The van der Waals surface area contributed by atoms with Crippen LogP contribution in [0, 0.1) is 18.6 Å². The van der Waals surface area contributed by atoms with Gasteiger partial charge in [-0.1, -0.05) is 13.0 Å². The Morgan fingerprint density at radius 3 is 2.48 bits per heavy atom. The Morgan fingerprint density at radius 1 is 1.14 bits per heavy atom. The lowest BCUT2D eigenvalue weighted by Gasteiger charge is -2.10. The monoisotopic (exact) mass is 292 g/mol. The maximum absolute atomic E-state index is 13.1. The van der Waals surface area contributed by atoms with Crippen molar-refractivity contribution in [1.29, 1.82) is 0 Å². The molecule has 2 rings (SSSR count). The molecule has 5 heteroatoms. The van der Waals surface area contributed by atoms with Gasteiger partial charge in [0, 0.05) is 36.5 Å². The number of aryl methyl sites for hydroxylation is 1. The molecular formula is C16H18F2N2O.